The van der Waals surface area contributed by atoms with Gasteiger partial charge in [0.2, 0.25) is 5.91 Å². The van der Waals surface area contributed by atoms with E-state index in [2.05, 4.69) is 24.5 Å². The highest BCUT2D eigenvalue weighted by atomic mass is 16.1. The summed E-state index contributed by atoms with van der Waals surface area (Å²) in [7, 11) is 0. The van der Waals surface area contributed by atoms with E-state index in [-0.39, 0.29) is 5.91 Å². The molecule has 1 saturated heterocycles. The lowest BCUT2D eigenvalue weighted by Crippen LogP contribution is -2.40. The summed E-state index contributed by atoms with van der Waals surface area (Å²) in [5.74, 6) is 2.46. The molecular formula is C18H34N2O. The molecule has 1 aliphatic carbocycles. The summed E-state index contributed by atoms with van der Waals surface area (Å²) in [4.78, 5) is 12.2. The summed E-state index contributed by atoms with van der Waals surface area (Å²) in [6.07, 6.45) is 11.1. The van der Waals surface area contributed by atoms with E-state index in [1.165, 1.54) is 44.9 Å². The van der Waals surface area contributed by atoms with Gasteiger partial charge in [0.25, 0.3) is 0 Å². The number of rotatable bonds is 6. The Bertz CT molecular complexity index is 306. The zero-order chi connectivity index (χ0) is 15.1. The fourth-order valence-electron chi connectivity index (χ4n) is 4.03. The van der Waals surface area contributed by atoms with E-state index in [1.54, 1.807) is 0 Å². The maximum atomic E-state index is 12.2. The van der Waals surface area contributed by atoms with Gasteiger partial charge in [0.05, 0.1) is 0 Å². The van der Waals surface area contributed by atoms with Crippen molar-refractivity contribution in [2.24, 2.45) is 17.8 Å². The number of hydrogen-bond acceptors (Lipinski definition) is 2. The summed E-state index contributed by atoms with van der Waals surface area (Å²) >= 11 is 0. The van der Waals surface area contributed by atoms with Crippen molar-refractivity contribution in [3.63, 3.8) is 0 Å². The molecule has 1 saturated carbocycles. The largest absolute Gasteiger partial charge is 0.353 e. The van der Waals surface area contributed by atoms with Crippen molar-refractivity contribution in [1.82, 2.24) is 10.6 Å². The zero-order valence-corrected chi connectivity index (χ0v) is 14.0. The average Bonchev–Trinajstić information content (AvgIpc) is 2.54. The monoisotopic (exact) mass is 294 g/mol. The number of carbonyl (C=O) groups excluding carboxylic acids is 1. The summed E-state index contributed by atoms with van der Waals surface area (Å²) in [5, 5.41) is 6.65. The number of carbonyl (C=O) groups is 1. The van der Waals surface area contributed by atoms with Gasteiger partial charge in [-0.05, 0) is 57.0 Å². The van der Waals surface area contributed by atoms with Gasteiger partial charge in [0, 0.05) is 12.5 Å². The van der Waals surface area contributed by atoms with Crippen LogP contribution >= 0.6 is 0 Å². The standard InChI is InChI=1S/C18H34N2O/c1-14(17-6-4-3-5-7-17)15(2)20-18(21)9-8-16-10-12-19-13-11-16/h14-17,19H,3-13H2,1-2H3,(H,20,21). The second-order valence-corrected chi connectivity index (χ2v) is 7.35. The lowest BCUT2D eigenvalue weighted by molar-refractivity contribution is -0.122. The van der Waals surface area contributed by atoms with E-state index < -0.39 is 0 Å². The summed E-state index contributed by atoms with van der Waals surface area (Å²) < 4.78 is 0. The molecule has 0 spiro atoms. The van der Waals surface area contributed by atoms with Crippen LogP contribution in [0.3, 0.4) is 0 Å². The van der Waals surface area contributed by atoms with E-state index in [0.29, 0.717) is 18.4 Å². The van der Waals surface area contributed by atoms with Crippen molar-refractivity contribution in [2.75, 3.05) is 13.1 Å². The van der Waals surface area contributed by atoms with Gasteiger partial charge in [-0.25, -0.2) is 0 Å². The van der Waals surface area contributed by atoms with Crippen LogP contribution in [0.4, 0.5) is 0 Å². The maximum Gasteiger partial charge on any atom is 0.220 e. The molecule has 1 amide bonds. The summed E-state index contributed by atoms with van der Waals surface area (Å²) in [5.41, 5.74) is 0. The third-order valence-electron chi connectivity index (χ3n) is 5.81. The van der Waals surface area contributed by atoms with E-state index in [0.717, 1.165) is 31.3 Å². The summed E-state index contributed by atoms with van der Waals surface area (Å²) in [6, 6.07) is 0.327. The van der Waals surface area contributed by atoms with Crippen LogP contribution in [0, 0.1) is 17.8 Å². The van der Waals surface area contributed by atoms with Crippen molar-refractivity contribution in [2.45, 2.75) is 77.7 Å². The Morgan fingerprint density at radius 2 is 1.76 bits per heavy atom. The van der Waals surface area contributed by atoms with Crippen LogP contribution in [0.15, 0.2) is 0 Å². The highest BCUT2D eigenvalue weighted by Gasteiger charge is 2.25. The number of amides is 1. The normalized spacial score (nSPS) is 24.5. The van der Waals surface area contributed by atoms with E-state index in [1.807, 2.05) is 0 Å². The third kappa shape index (κ3) is 5.61. The Balaban J connectivity index is 1.65. The lowest BCUT2D eigenvalue weighted by Gasteiger charge is -2.32. The van der Waals surface area contributed by atoms with Crippen molar-refractivity contribution in [3.05, 3.63) is 0 Å². The van der Waals surface area contributed by atoms with Crippen LogP contribution in [-0.2, 0) is 4.79 Å². The highest BCUT2D eigenvalue weighted by Crippen LogP contribution is 2.31. The Kier molecular flexibility index (Phi) is 7.01. The van der Waals surface area contributed by atoms with Crippen molar-refractivity contribution < 1.29 is 4.79 Å². The minimum absolute atomic E-state index is 0.267. The molecule has 21 heavy (non-hydrogen) atoms. The van der Waals surface area contributed by atoms with Gasteiger partial charge >= 0.3 is 0 Å². The fraction of sp³-hybridized carbons (Fsp3) is 0.944. The lowest BCUT2D eigenvalue weighted by atomic mass is 9.78. The van der Waals surface area contributed by atoms with Crippen molar-refractivity contribution >= 4 is 5.91 Å². The molecule has 0 aromatic carbocycles. The minimum atomic E-state index is 0.267. The molecule has 2 atom stereocenters. The SMILES string of the molecule is CC(NC(=O)CCC1CCNCC1)C(C)C1CCCCC1. The smallest absolute Gasteiger partial charge is 0.220 e. The van der Waals surface area contributed by atoms with Crippen molar-refractivity contribution in [1.29, 1.82) is 0 Å². The first-order chi connectivity index (χ1) is 10.2. The van der Waals surface area contributed by atoms with Gasteiger partial charge in [0.15, 0.2) is 0 Å². The number of nitrogens with one attached hydrogen (secondary N) is 2. The molecule has 122 valence electrons. The van der Waals surface area contributed by atoms with E-state index in [9.17, 15) is 4.79 Å². The Hall–Kier alpha value is -0.570. The fourth-order valence-corrected chi connectivity index (χ4v) is 4.03. The van der Waals surface area contributed by atoms with E-state index in [4.69, 9.17) is 0 Å². The molecule has 2 rings (SSSR count). The molecule has 0 bridgehead atoms. The highest BCUT2D eigenvalue weighted by molar-refractivity contribution is 5.76. The first kappa shape index (κ1) is 16.8. The molecule has 1 heterocycles. The average molecular weight is 294 g/mol. The van der Waals surface area contributed by atoms with Gasteiger partial charge in [-0.15, -0.1) is 0 Å². The molecular weight excluding hydrogens is 260 g/mol. The topological polar surface area (TPSA) is 41.1 Å². The third-order valence-corrected chi connectivity index (χ3v) is 5.81. The summed E-state index contributed by atoms with van der Waals surface area (Å²) in [6.45, 7) is 6.78. The molecule has 2 aliphatic rings. The molecule has 3 heteroatoms. The van der Waals surface area contributed by atoms with Gasteiger partial charge in [-0.2, -0.15) is 0 Å². The van der Waals surface area contributed by atoms with Crippen LogP contribution in [-0.4, -0.2) is 25.0 Å². The second kappa shape index (κ2) is 8.77. The predicted octanol–water partition coefficient (Wildman–Crippen LogP) is 3.49. The van der Waals surface area contributed by atoms with Crippen molar-refractivity contribution in [3.8, 4) is 0 Å². The molecule has 2 unspecified atom stereocenters. The minimum Gasteiger partial charge on any atom is -0.353 e. The van der Waals surface area contributed by atoms with Crippen LogP contribution < -0.4 is 10.6 Å². The molecule has 0 aromatic heterocycles. The van der Waals surface area contributed by atoms with Gasteiger partial charge in [0.1, 0.15) is 0 Å². The Morgan fingerprint density at radius 1 is 1.10 bits per heavy atom. The van der Waals surface area contributed by atoms with Crippen LogP contribution in [0.1, 0.15) is 71.6 Å². The molecule has 2 fully saturated rings. The molecule has 0 aromatic rings. The van der Waals surface area contributed by atoms with Gasteiger partial charge < -0.3 is 10.6 Å². The maximum absolute atomic E-state index is 12.2. The van der Waals surface area contributed by atoms with E-state index >= 15 is 0 Å². The Labute approximate surface area is 130 Å². The quantitative estimate of drug-likeness (QED) is 0.787. The van der Waals surface area contributed by atoms with Crippen LogP contribution in [0.2, 0.25) is 0 Å². The molecule has 1 aliphatic heterocycles. The first-order valence-corrected chi connectivity index (χ1v) is 9.17. The zero-order valence-electron chi connectivity index (χ0n) is 14.0. The van der Waals surface area contributed by atoms with Gasteiger partial charge in [-0.1, -0.05) is 39.0 Å². The van der Waals surface area contributed by atoms with Crippen LogP contribution in [0.25, 0.3) is 0 Å². The Morgan fingerprint density at radius 3 is 2.43 bits per heavy atom. The number of hydrogen-bond donors (Lipinski definition) is 2. The van der Waals surface area contributed by atoms with Crippen LogP contribution in [0.5, 0.6) is 0 Å². The van der Waals surface area contributed by atoms with Gasteiger partial charge in [-0.3, -0.25) is 4.79 Å². The predicted molar refractivity (Wildman–Crippen MR) is 88.2 cm³/mol. The molecule has 0 radical (unpaired) electrons. The molecule has 2 N–H and O–H groups in total. The molecule has 3 nitrogen and oxygen atoms in total. The first-order valence-electron chi connectivity index (χ1n) is 9.17. The second-order valence-electron chi connectivity index (χ2n) is 7.35. The number of piperidine rings is 1.